The Balaban J connectivity index is 2.26. The topological polar surface area (TPSA) is 27.7 Å². The molecule has 0 aliphatic rings. The van der Waals surface area contributed by atoms with Gasteiger partial charge in [-0.15, -0.1) is 5.54 Å². The Kier molecular flexibility index (Phi) is 21.7. The zero-order valence-corrected chi connectivity index (χ0v) is 32.0. The molecule has 2 aromatic carbocycles. The summed E-state index contributed by atoms with van der Waals surface area (Å²) in [6.45, 7) is 15.6. The number of benzene rings is 2. The lowest BCUT2D eigenvalue weighted by molar-refractivity contribution is 0.234. The summed E-state index contributed by atoms with van der Waals surface area (Å²) < 4.78 is 19.4. The molecule has 0 aliphatic carbocycles. The molecule has 0 heterocycles. The smallest absolute Gasteiger partial charge is 0.203 e. The van der Waals surface area contributed by atoms with Crippen molar-refractivity contribution in [1.29, 1.82) is 0 Å². The molecule has 0 saturated heterocycles. The van der Waals surface area contributed by atoms with E-state index < -0.39 is 8.07 Å². The standard InChI is InChI=1S/C43H66O3Si/c1-7-10-13-16-19-22-32-44-41-36-40(30-29-38-25-27-39(28-26-38)31-35-47(4,5)6)37-42(45-33-23-20-17-14-11-8-2)43(41)46-34-24-21-18-15-12-9-3/h25-28,36-37H,7-24,32-34H2,1-6H3. The lowest BCUT2D eigenvalue weighted by atomic mass is 10.1. The van der Waals surface area contributed by atoms with Gasteiger partial charge in [-0.1, -0.05) is 154 Å². The molecule has 0 aromatic heterocycles. The van der Waals surface area contributed by atoms with Crippen LogP contribution in [0.1, 0.15) is 153 Å². The second-order valence-corrected chi connectivity index (χ2v) is 18.7. The van der Waals surface area contributed by atoms with Gasteiger partial charge in [0.2, 0.25) is 5.75 Å². The van der Waals surface area contributed by atoms with Gasteiger partial charge in [0.1, 0.15) is 8.07 Å². The minimum Gasteiger partial charge on any atom is -0.490 e. The van der Waals surface area contributed by atoms with Crippen molar-refractivity contribution in [3.63, 3.8) is 0 Å². The van der Waals surface area contributed by atoms with E-state index in [1.165, 1.54) is 96.3 Å². The molecule has 47 heavy (non-hydrogen) atoms. The highest BCUT2D eigenvalue weighted by molar-refractivity contribution is 6.83. The van der Waals surface area contributed by atoms with Crippen molar-refractivity contribution in [2.45, 2.75) is 156 Å². The lowest BCUT2D eigenvalue weighted by Gasteiger charge is -2.18. The third-order valence-corrected chi connectivity index (χ3v) is 8.97. The van der Waals surface area contributed by atoms with Crippen LogP contribution < -0.4 is 14.2 Å². The Hall–Kier alpha value is -2.82. The van der Waals surface area contributed by atoms with Gasteiger partial charge in [0.15, 0.2) is 11.5 Å². The summed E-state index contributed by atoms with van der Waals surface area (Å²) in [6, 6.07) is 12.4. The molecule has 0 radical (unpaired) electrons. The van der Waals surface area contributed by atoms with E-state index in [9.17, 15) is 0 Å². The van der Waals surface area contributed by atoms with Gasteiger partial charge in [-0.3, -0.25) is 0 Å². The van der Waals surface area contributed by atoms with Crippen molar-refractivity contribution in [3.8, 4) is 40.6 Å². The van der Waals surface area contributed by atoms with Gasteiger partial charge in [0.25, 0.3) is 0 Å². The summed E-state index contributed by atoms with van der Waals surface area (Å²) in [7, 11) is -1.41. The maximum atomic E-state index is 6.46. The molecular formula is C43H66O3Si. The SMILES string of the molecule is CCCCCCCCOc1cc(C#Cc2ccc(C#C[Si](C)(C)C)cc2)cc(OCCCCCCCC)c1OCCCCCCCC. The zero-order chi connectivity index (χ0) is 34.0. The van der Waals surface area contributed by atoms with Crippen LogP contribution in [0.5, 0.6) is 17.2 Å². The number of ether oxygens (including phenoxy) is 3. The predicted molar refractivity (Wildman–Crippen MR) is 206 cm³/mol. The van der Waals surface area contributed by atoms with Crippen LogP contribution in [0.25, 0.3) is 0 Å². The van der Waals surface area contributed by atoms with Gasteiger partial charge in [-0.25, -0.2) is 0 Å². The van der Waals surface area contributed by atoms with Crippen LogP contribution in [0.15, 0.2) is 36.4 Å². The molecule has 4 heteroatoms. The van der Waals surface area contributed by atoms with Crippen LogP contribution >= 0.6 is 0 Å². The summed E-state index contributed by atoms with van der Waals surface area (Å²) in [4.78, 5) is 0. The van der Waals surface area contributed by atoms with Crippen LogP contribution in [0.2, 0.25) is 19.6 Å². The van der Waals surface area contributed by atoms with E-state index in [1.54, 1.807) is 0 Å². The molecule has 0 saturated carbocycles. The molecule has 0 spiro atoms. The van der Waals surface area contributed by atoms with Crippen molar-refractivity contribution in [2.75, 3.05) is 19.8 Å². The number of rotatable bonds is 24. The second kappa shape index (κ2) is 25.2. The third-order valence-electron chi connectivity index (χ3n) is 8.09. The highest BCUT2D eigenvalue weighted by atomic mass is 28.3. The highest BCUT2D eigenvalue weighted by Crippen LogP contribution is 2.39. The van der Waals surface area contributed by atoms with E-state index in [2.05, 4.69) is 88.0 Å². The Bertz CT molecular complexity index is 1180. The van der Waals surface area contributed by atoms with Gasteiger partial charge in [0.05, 0.1) is 19.8 Å². The predicted octanol–water partition coefficient (Wildman–Crippen LogP) is 12.5. The van der Waals surface area contributed by atoms with Crippen LogP contribution in [-0.2, 0) is 0 Å². The van der Waals surface area contributed by atoms with E-state index in [0.717, 1.165) is 53.2 Å². The number of unbranched alkanes of at least 4 members (excludes halogenated alkanes) is 15. The molecular weight excluding hydrogens is 593 g/mol. The summed E-state index contributed by atoms with van der Waals surface area (Å²) in [6.07, 6.45) is 22.1. The van der Waals surface area contributed by atoms with Gasteiger partial charge in [0, 0.05) is 16.7 Å². The Labute approximate surface area is 291 Å². The number of hydrogen-bond donors (Lipinski definition) is 0. The third kappa shape index (κ3) is 19.6. The quantitative estimate of drug-likeness (QED) is 0.0638. The van der Waals surface area contributed by atoms with E-state index in [1.807, 2.05) is 12.1 Å². The molecule has 0 amide bonds. The zero-order valence-electron chi connectivity index (χ0n) is 31.0. The molecule has 260 valence electrons. The van der Waals surface area contributed by atoms with Crippen molar-refractivity contribution < 1.29 is 14.2 Å². The maximum absolute atomic E-state index is 6.46. The first kappa shape index (κ1) is 40.4. The minimum absolute atomic E-state index is 0.671. The molecule has 3 nitrogen and oxygen atoms in total. The Morgan fingerprint density at radius 2 is 0.809 bits per heavy atom. The Morgan fingerprint density at radius 3 is 1.23 bits per heavy atom. The first-order chi connectivity index (χ1) is 22.9. The first-order valence-corrected chi connectivity index (χ1v) is 22.6. The summed E-state index contributed by atoms with van der Waals surface area (Å²) in [5.74, 6) is 12.3. The van der Waals surface area contributed by atoms with E-state index in [0.29, 0.717) is 19.8 Å². The van der Waals surface area contributed by atoms with Gasteiger partial charge in [-0.05, 0) is 55.7 Å². The molecule has 2 rings (SSSR count). The van der Waals surface area contributed by atoms with Crippen molar-refractivity contribution >= 4 is 8.07 Å². The van der Waals surface area contributed by atoms with E-state index in [4.69, 9.17) is 14.2 Å². The fourth-order valence-corrected chi connectivity index (χ4v) is 5.75. The maximum Gasteiger partial charge on any atom is 0.203 e. The molecule has 0 bridgehead atoms. The fraction of sp³-hybridized carbons (Fsp3) is 0.628. The van der Waals surface area contributed by atoms with Gasteiger partial charge in [-0.2, -0.15) is 0 Å². The van der Waals surface area contributed by atoms with Gasteiger partial charge < -0.3 is 14.2 Å². The molecule has 0 fully saturated rings. The van der Waals surface area contributed by atoms with Crippen molar-refractivity contribution in [2.24, 2.45) is 0 Å². The summed E-state index contributed by atoms with van der Waals surface area (Å²) >= 11 is 0. The van der Waals surface area contributed by atoms with Crippen LogP contribution in [0, 0.1) is 23.3 Å². The van der Waals surface area contributed by atoms with Gasteiger partial charge >= 0.3 is 0 Å². The van der Waals surface area contributed by atoms with Crippen molar-refractivity contribution in [3.05, 3.63) is 53.1 Å². The van der Waals surface area contributed by atoms with Crippen LogP contribution in [0.4, 0.5) is 0 Å². The largest absolute Gasteiger partial charge is 0.490 e. The van der Waals surface area contributed by atoms with E-state index in [-0.39, 0.29) is 0 Å². The van der Waals surface area contributed by atoms with Crippen LogP contribution in [0.3, 0.4) is 0 Å². The first-order valence-electron chi connectivity index (χ1n) is 19.1. The fourth-order valence-electron chi connectivity index (χ4n) is 5.23. The molecule has 0 unspecified atom stereocenters. The average Bonchev–Trinajstić information content (AvgIpc) is 3.06. The van der Waals surface area contributed by atoms with Crippen molar-refractivity contribution in [1.82, 2.24) is 0 Å². The molecule has 0 atom stereocenters. The molecule has 2 aromatic rings. The van der Waals surface area contributed by atoms with E-state index >= 15 is 0 Å². The molecule has 0 N–H and O–H groups in total. The minimum atomic E-state index is -1.41. The number of hydrogen-bond acceptors (Lipinski definition) is 3. The second-order valence-electron chi connectivity index (χ2n) is 14.0. The lowest BCUT2D eigenvalue weighted by Crippen LogP contribution is -2.16. The normalized spacial score (nSPS) is 10.9. The monoisotopic (exact) mass is 658 g/mol. The van der Waals surface area contributed by atoms with Crippen LogP contribution in [-0.4, -0.2) is 27.9 Å². The highest BCUT2D eigenvalue weighted by Gasteiger charge is 2.16. The average molecular weight is 659 g/mol. The molecule has 0 aliphatic heterocycles. The summed E-state index contributed by atoms with van der Waals surface area (Å²) in [5.41, 5.74) is 6.34. The Morgan fingerprint density at radius 1 is 0.447 bits per heavy atom. The summed E-state index contributed by atoms with van der Waals surface area (Å²) in [5, 5.41) is 0.